The molecule has 0 aliphatic carbocycles. The number of hydrogen-bond acceptors (Lipinski definition) is 2. The summed E-state index contributed by atoms with van der Waals surface area (Å²) >= 11 is 2.93. The molecule has 0 atom stereocenters. The highest BCUT2D eigenvalue weighted by Gasteiger charge is 2.12. The van der Waals surface area contributed by atoms with Crippen LogP contribution in [0.15, 0.2) is 16.9 Å². The molecule has 0 unspecified atom stereocenters. The number of nitrogens with zero attached hydrogens (tertiary/aromatic N) is 1. The second-order valence-electron chi connectivity index (χ2n) is 2.05. The third-order valence-corrected chi connectivity index (χ3v) is 1.73. The Bertz CT molecular complexity index is 303. The molecule has 0 amide bonds. The van der Waals surface area contributed by atoms with Gasteiger partial charge in [0.2, 0.25) is 0 Å². The third kappa shape index (κ3) is 1.85. The highest BCUT2D eigenvalue weighted by Crippen LogP contribution is 2.23. The second kappa shape index (κ2) is 3.71. The second-order valence-corrected chi connectivity index (χ2v) is 2.87. The molecule has 0 bridgehead atoms. The summed E-state index contributed by atoms with van der Waals surface area (Å²) in [5, 5.41) is 0. The summed E-state index contributed by atoms with van der Waals surface area (Å²) < 4.78 is 24.7. The molecule has 0 fully saturated rings. The van der Waals surface area contributed by atoms with Gasteiger partial charge in [-0.3, -0.25) is 4.79 Å². The van der Waals surface area contributed by atoms with Crippen LogP contribution in [0.4, 0.5) is 8.78 Å². The predicted molar refractivity (Wildman–Crippen MR) is 42.3 cm³/mol. The van der Waals surface area contributed by atoms with Crippen molar-refractivity contribution in [3.63, 3.8) is 0 Å². The number of hydrogen-bond donors (Lipinski definition) is 0. The van der Waals surface area contributed by atoms with E-state index in [1.54, 1.807) is 0 Å². The van der Waals surface area contributed by atoms with E-state index in [4.69, 9.17) is 0 Å². The van der Waals surface area contributed by atoms with E-state index in [1.807, 2.05) is 0 Å². The fourth-order valence-corrected chi connectivity index (χ4v) is 1.09. The molecule has 0 aliphatic heterocycles. The zero-order valence-corrected chi connectivity index (χ0v) is 7.38. The molecular weight excluding hydrogens is 232 g/mol. The van der Waals surface area contributed by atoms with Crippen LogP contribution in [0, 0.1) is 0 Å². The molecule has 0 aromatic carbocycles. The summed E-state index contributed by atoms with van der Waals surface area (Å²) in [7, 11) is 0. The molecule has 1 rings (SSSR count). The van der Waals surface area contributed by atoms with Crippen molar-refractivity contribution >= 4 is 22.2 Å². The van der Waals surface area contributed by atoms with Crippen LogP contribution in [-0.2, 0) is 0 Å². The zero-order chi connectivity index (χ0) is 9.14. The molecular formula is C7H4BrF2NO. The lowest BCUT2D eigenvalue weighted by atomic mass is 10.2. The quantitative estimate of drug-likeness (QED) is 0.583. The van der Waals surface area contributed by atoms with Gasteiger partial charge in [-0.1, -0.05) is 0 Å². The van der Waals surface area contributed by atoms with Crippen molar-refractivity contribution in [2.75, 3.05) is 0 Å². The smallest absolute Gasteiger partial charge is 0.264 e. The predicted octanol–water partition coefficient (Wildman–Crippen LogP) is 2.59. The SMILES string of the molecule is O=Cc1cnc(Br)cc1C(F)F. The van der Waals surface area contributed by atoms with Crippen LogP contribution in [0.2, 0.25) is 0 Å². The fourth-order valence-electron chi connectivity index (χ4n) is 0.742. The molecule has 0 radical (unpaired) electrons. The molecule has 0 saturated carbocycles. The van der Waals surface area contributed by atoms with Crippen molar-refractivity contribution in [2.45, 2.75) is 6.43 Å². The van der Waals surface area contributed by atoms with E-state index >= 15 is 0 Å². The van der Waals surface area contributed by atoms with Crippen LogP contribution < -0.4 is 0 Å². The van der Waals surface area contributed by atoms with Gasteiger partial charge in [0.15, 0.2) is 6.29 Å². The first-order valence-corrected chi connectivity index (χ1v) is 3.83. The third-order valence-electron chi connectivity index (χ3n) is 1.30. The van der Waals surface area contributed by atoms with Gasteiger partial charge in [0, 0.05) is 17.3 Å². The molecule has 5 heteroatoms. The first-order valence-electron chi connectivity index (χ1n) is 3.04. The number of halogens is 3. The van der Waals surface area contributed by atoms with Gasteiger partial charge in [0.1, 0.15) is 4.60 Å². The number of aldehydes is 1. The van der Waals surface area contributed by atoms with Crippen LogP contribution in [0.25, 0.3) is 0 Å². The number of aromatic nitrogens is 1. The molecule has 0 aliphatic rings. The number of pyridine rings is 1. The molecule has 0 spiro atoms. The van der Waals surface area contributed by atoms with Gasteiger partial charge in [0.05, 0.1) is 0 Å². The summed E-state index contributed by atoms with van der Waals surface area (Å²) in [6, 6.07) is 1.13. The Labute approximate surface area is 75.7 Å². The van der Waals surface area contributed by atoms with E-state index in [0.29, 0.717) is 10.9 Å². The Morgan fingerprint density at radius 2 is 2.25 bits per heavy atom. The van der Waals surface area contributed by atoms with E-state index in [9.17, 15) is 13.6 Å². The Morgan fingerprint density at radius 1 is 1.58 bits per heavy atom. The Balaban J connectivity index is 3.21. The fraction of sp³-hybridized carbons (Fsp3) is 0.143. The van der Waals surface area contributed by atoms with E-state index in [2.05, 4.69) is 20.9 Å². The van der Waals surface area contributed by atoms with Gasteiger partial charge in [-0.15, -0.1) is 0 Å². The maximum Gasteiger partial charge on any atom is 0.264 e. The molecule has 1 aromatic rings. The monoisotopic (exact) mass is 235 g/mol. The Morgan fingerprint density at radius 3 is 2.75 bits per heavy atom. The average Bonchev–Trinajstić information content (AvgIpc) is 2.04. The normalized spacial score (nSPS) is 10.3. The van der Waals surface area contributed by atoms with Crippen molar-refractivity contribution in [2.24, 2.45) is 0 Å². The summed E-state index contributed by atoms with van der Waals surface area (Å²) in [4.78, 5) is 13.9. The Kier molecular flexibility index (Phi) is 2.86. The number of carbonyl (C=O) groups excluding carboxylic acids is 1. The van der Waals surface area contributed by atoms with Gasteiger partial charge < -0.3 is 0 Å². The number of carbonyl (C=O) groups is 1. The molecule has 1 heterocycles. The van der Waals surface area contributed by atoms with Crippen LogP contribution in [0.1, 0.15) is 22.3 Å². The first kappa shape index (κ1) is 9.25. The Hall–Kier alpha value is -0.840. The molecule has 64 valence electrons. The van der Waals surface area contributed by atoms with Crippen LogP contribution in [-0.4, -0.2) is 11.3 Å². The average molecular weight is 236 g/mol. The zero-order valence-electron chi connectivity index (χ0n) is 5.80. The van der Waals surface area contributed by atoms with Crippen LogP contribution >= 0.6 is 15.9 Å². The van der Waals surface area contributed by atoms with E-state index in [-0.39, 0.29) is 11.1 Å². The van der Waals surface area contributed by atoms with Gasteiger partial charge in [-0.05, 0) is 22.0 Å². The lowest BCUT2D eigenvalue weighted by molar-refractivity contribution is 0.110. The van der Waals surface area contributed by atoms with Crippen molar-refractivity contribution in [3.05, 3.63) is 28.0 Å². The van der Waals surface area contributed by atoms with Gasteiger partial charge >= 0.3 is 0 Å². The summed E-state index contributed by atoms with van der Waals surface area (Å²) in [6.45, 7) is 0. The van der Waals surface area contributed by atoms with Crippen molar-refractivity contribution in [3.8, 4) is 0 Å². The van der Waals surface area contributed by atoms with Gasteiger partial charge in [-0.2, -0.15) is 0 Å². The maximum atomic E-state index is 12.2. The first-order chi connectivity index (χ1) is 5.65. The topological polar surface area (TPSA) is 30.0 Å². The molecule has 12 heavy (non-hydrogen) atoms. The van der Waals surface area contributed by atoms with Gasteiger partial charge in [0.25, 0.3) is 6.43 Å². The van der Waals surface area contributed by atoms with Crippen molar-refractivity contribution < 1.29 is 13.6 Å². The molecule has 0 N–H and O–H groups in total. The van der Waals surface area contributed by atoms with E-state index in [1.165, 1.54) is 0 Å². The lowest BCUT2D eigenvalue weighted by Crippen LogP contribution is -1.94. The summed E-state index contributed by atoms with van der Waals surface area (Å²) in [6.07, 6.45) is -1.18. The van der Waals surface area contributed by atoms with Crippen molar-refractivity contribution in [1.29, 1.82) is 0 Å². The lowest BCUT2D eigenvalue weighted by Gasteiger charge is -2.02. The minimum Gasteiger partial charge on any atom is -0.298 e. The standard InChI is InChI=1S/C7H4BrF2NO/c8-6-1-5(7(9)10)4(3-12)2-11-6/h1-3,7H. The summed E-state index contributed by atoms with van der Waals surface area (Å²) in [5.74, 6) is 0. The minimum atomic E-state index is -2.65. The van der Waals surface area contributed by atoms with E-state index < -0.39 is 6.43 Å². The van der Waals surface area contributed by atoms with Crippen LogP contribution in [0.3, 0.4) is 0 Å². The number of rotatable bonds is 2. The van der Waals surface area contributed by atoms with Crippen LogP contribution in [0.5, 0.6) is 0 Å². The minimum absolute atomic E-state index is 0.0757. The largest absolute Gasteiger partial charge is 0.298 e. The van der Waals surface area contributed by atoms with E-state index in [0.717, 1.165) is 12.3 Å². The molecule has 2 nitrogen and oxygen atoms in total. The highest BCUT2D eigenvalue weighted by atomic mass is 79.9. The highest BCUT2D eigenvalue weighted by molar-refractivity contribution is 9.10. The molecule has 0 saturated heterocycles. The molecule has 1 aromatic heterocycles. The maximum absolute atomic E-state index is 12.2. The van der Waals surface area contributed by atoms with Gasteiger partial charge in [-0.25, -0.2) is 13.8 Å². The van der Waals surface area contributed by atoms with Crippen molar-refractivity contribution in [1.82, 2.24) is 4.98 Å². The number of alkyl halides is 2. The summed E-state index contributed by atoms with van der Waals surface area (Å²) in [5.41, 5.74) is -0.375.